The molecule has 68 valence electrons. The van der Waals surface area contributed by atoms with E-state index in [0.717, 1.165) is 0 Å². The van der Waals surface area contributed by atoms with Crippen LogP contribution in [-0.2, 0) is 4.79 Å². The van der Waals surface area contributed by atoms with Crippen molar-refractivity contribution in [2.45, 2.75) is 0 Å². The molecule has 13 heavy (non-hydrogen) atoms. The van der Waals surface area contributed by atoms with Crippen LogP contribution in [0.25, 0.3) is 0 Å². The molecule has 0 radical (unpaired) electrons. The largest absolute Gasteiger partial charge is 0.464 e. The van der Waals surface area contributed by atoms with Crippen LogP contribution in [0.4, 0.5) is 9.59 Å². The third kappa shape index (κ3) is 1.26. The smallest absolute Gasteiger partial charge is 0.422 e. The second-order valence-corrected chi connectivity index (χ2v) is 2.18. The lowest BCUT2D eigenvalue weighted by Gasteiger charge is -2.18. The summed E-state index contributed by atoms with van der Waals surface area (Å²) in [5, 5.41) is 8.42. The van der Waals surface area contributed by atoms with Gasteiger partial charge in [-0.15, -0.1) is 0 Å². The molecule has 3 N–H and O–H groups in total. The highest BCUT2D eigenvalue weighted by atomic mass is 16.4. The van der Waals surface area contributed by atoms with Crippen LogP contribution in [-0.4, -0.2) is 33.9 Å². The van der Waals surface area contributed by atoms with Gasteiger partial charge in [-0.25, -0.2) is 9.59 Å². The van der Waals surface area contributed by atoms with Crippen LogP contribution in [0.5, 0.6) is 0 Å². The molecule has 7 heteroatoms. The molecule has 0 saturated carbocycles. The van der Waals surface area contributed by atoms with E-state index in [4.69, 9.17) is 10.8 Å². The van der Waals surface area contributed by atoms with Crippen LogP contribution in [0.15, 0.2) is 17.1 Å². The van der Waals surface area contributed by atoms with Crippen molar-refractivity contribution in [2.75, 3.05) is 0 Å². The summed E-state index contributed by atoms with van der Waals surface area (Å²) in [6.07, 6.45) is -1.70. The molecule has 4 amide bonds. The summed E-state index contributed by atoms with van der Waals surface area (Å²) in [6, 6.07) is -1.22. The molecule has 7 nitrogen and oxygen atoms in total. The molecule has 0 aromatic carbocycles. The van der Waals surface area contributed by atoms with Gasteiger partial charge in [0.15, 0.2) is 0 Å². The van der Waals surface area contributed by atoms with Crippen LogP contribution in [0, 0.1) is 0 Å². The van der Waals surface area contributed by atoms with Gasteiger partial charge >= 0.3 is 12.1 Å². The first-order valence-electron chi connectivity index (χ1n) is 3.10. The predicted molar refractivity (Wildman–Crippen MR) is 41.0 cm³/mol. The van der Waals surface area contributed by atoms with Gasteiger partial charge in [-0.05, 0) is 0 Å². The number of hydrogen-bond acceptors (Lipinski definition) is 4. The predicted octanol–water partition coefficient (Wildman–Crippen LogP) is -0.460. The number of carbonyl (C=O) groups excluding carboxylic acids is 2. The number of carbonyl (C=O) groups is 3. The molecule has 1 heterocycles. The number of aliphatic imine (C=N–C) groups is 1. The van der Waals surface area contributed by atoms with Gasteiger partial charge in [0.05, 0.1) is 5.57 Å². The summed E-state index contributed by atoms with van der Waals surface area (Å²) in [5.41, 5.74) is 4.81. The number of rotatable bonds is 0. The SMILES string of the molecule is C=C1C(=O)N(C(=O)O)C(=O)N=C1N. The van der Waals surface area contributed by atoms with E-state index in [1.807, 2.05) is 0 Å². The number of hydrogen-bond donors (Lipinski definition) is 2. The molecule has 0 aromatic heterocycles. The second-order valence-electron chi connectivity index (χ2n) is 2.18. The Morgan fingerprint density at radius 1 is 1.54 bits per heavy atom. The molecule has 1 rings (SSSR count). The minimum atomic E-state index is -1.70. The van der Waals surface area contributed by atoms with E-state index in [1.165, 1.54) is 0 Å². The number of imide groups is 3. The summed E-state index contributed by atoms with van der Waals surface area (Å²) in [4.78, 5) is 35.3. The fourth-order valence-corrected chi connectivity index (χ4v) is 0.721. The third-order valence-electron chi connectivity index (χ3n) is 1.37. The van der Waals surface area contributed by atoms with Gasteiger partial charge < -0.3 is 10.8 Å². The van der Waals surface area contributed by atoms with E-state index >= 15 is 0 Å². The van der Waals surface area contributed by atoms with Crippen molar-refractivity contribution >= 4 is 23.9 Å². The molecular formula is C6H5N3O4. The topological polar surface area (TPSA) is 113 Å². The maximum absolute atomic E-state index is 11.1. The lowest BCUT2D eigenvalue weighted by atomic mass is 10.2. The van der Waals surface area contributed by atoms with Gasteiger partial charge in [0.2, 0.25) is 0 Å². The van der Waals surface area contributed by atoms with E-state index < -0.39 is 18.0 Å². The Balaban J connectivity index is 3.18. The zero-order valence-corrected chi connectivity index (χ0v) is 6.35. The van der Waals surface area contributed by atoms with Crippen molar-refractivity contribution in [2.24, 2.45) is 10.7 Å². The average Bonchev–Trinajstić information content (AvgIpc) is 1.99. The summed E-state index contributed by atoms with van der Waals surface area (Å²) in [6.45, 7) is 3.18. The molecule has 0 bridgehead atoms. The van der Waals surface area contributed by atoms with Gasteiger partial charge in [-0.3, -0.25) is 4.79 Å². The first-order chi connectivity index (χ1) is 5.95. The van der Waals surface area contributed by atoms with Gasteiger partial charge in [0.1, 0.15) is 5.84 Å². The van der Waals surface area contributed by atoms with Gasteiger partial charge in [0.25, 0.3) is 5.91 Å². The first kappa shape index (κ1) is 8.91. The lowest BCUT2D eigenvalue weighted by Crippen LogP contribution is -2.46. The fraction of sp³-hybridized carbons (Fsp3) is 0. The third-order valence-corrected chi connectivity index (χ3v) is 1.37. The molecule has 0 atom stereocenters. The Morgan fingerprint density at radius 3 is 2.54 bits per heavy atom. The highest BCUT2D eigenvalue weighted by molar-refractivity contribution is 6.31. The standard InChI is InChI=1S/C6H5N3O4/c1-2-3(7)8-5(11)9(4(2)10)6(12)13/h1H2,(H,12,13)(H2,7,8,11). The normalized spacial score (nSPS) is 17.4. The number of urea groups is 1. The zero-order valence-electron chi connectivity index (χ0n) is 6.35. The molecule has 0 aromatic rings. The van der Waals surface area contributed by atoms with Gasteiger partial charge in [-0.2, -0.15) is 9.89 Å². The van der Waals surface area contributed by atoms with Crippen LogP contribution in [0.1, 0.15) is 0 Å². The molecule has 0 unspecified atom stereocenters. The maximum atomic E-state index is 11.1. The van der Waals surface area contributed by atoms with Crippen molar-refractivity contribution in [3.8, 4) is 0 Å². The molecule has 0 fully saturated rings. The van der Waals surface area contributed by atoms with Crippen molar-refractivity contribution in [3.63, 3.8) is 0 Å². The minimum absolute atomic E-state index is 0.0569. The molecule has 1 aliphatic heterocycles. The monoisotopic (exact) mass is 183 g/mol. The van der Waals surface area contributed by atoms with E-state index in [-0.39, 0.29) is 16.3 Å². The zero-order chi connectivity index (χ0) is 10.2. The van der Waals surface area contributed by atoms with E-state index in [9.17, 15) is 14.4 Å². The Hall–Kier alpha value is -2.18. The van der Waals surface area contributed by atoms with Gasteiger partial charge in [0, 0.05) is 0 Å². The lowest BCUT2D eigenvalue weighted by molar-refractivity contribution is -0.122. The fourth-order valence-electron chi connectivity index (χ4n) is 0.721. The van der Waals surface area contributed by atoms with Crippen LogP contribution in [0.3, 0.4) is 0 Å². The summed E-state index contributed by atoms with van der Waals surface area (Å²) >= 11 is 0. The molecule has 0 saturated heterocycles. The Labute approximate surface area is 72.1 Å². The first-order valence-corrected chi connectivity index (χ1v) is 3.10. The Kier molecular flexibility index (Phi) is 1.85. The second kappa shape index (κ2) is 2.70. The molecular weight excluding hydrogens is 178 g/mol. The number of amides is 4. The highest BCUT2D eigenvalue weighted by Gasteiger charge is 2.35. The van der Waals surface area contributed by atoms with E-state index in [2.05, 4.69) is 11.6 Å². The van der Waals surface area contributed by atoms with Crippen molar-refractivity contribution in [1.29, 1.82) is 0 Å². The summed E-state index contributed by atoms with van der Waals surface area (Å²) < 4.78 is 0. The highest BCUT2D eigenvalue weighted by Crippen LogP contribution is 2.09. The number of carboxylic acid groups (broad SMARTS) is 1. The molecule has 0 spiro atoms. The number of amidine groups is 1. The van der Waals surface area contributed by atoms with Crippen molar-refractivity contribution in [1.82, 2.24) is 4.90 Å². The van der Waals surface area contributed by atoms with E-state index in [1.54, 1.807) is 0 Å². The minimum Gasteiger partial charge on any atom is -0.464 e. The number of nitrogens with two attached hydrogens (primary N) is 1. The Bertz CT molecular complexity index is 357. The Morgan fingerprint density at radius 2 is 2.08 bits per heavy atom. The molecule has 1 aliphatic rings. The maximum Gasteiger partial charge on any atom is 0.422 e. The average molecular weight is 183 g/mol. The van der Waals surface area contributed by atoms with Crippen molar-refractivity contribution < 1.29 is 19.5 Å². The van der Waals surface area contributed by atoms with Crippen LogP contribution < -0.4 is 5.73 Å². The molecule has 0 aliphatic carbocycles. The summed E-state index contributed by atoms with van der Waals surface area (Å²) in [5.74, 6) is -1.42. The quantitative estimate of drug-likeness (QED) is 0.493. The van der Waals surface area contributed by atoms with Crippen LogP contribution in [0.2, 0.25) is 0 Å². The van der Waals surface area contributed by atoms with Crippen molar-refractivity contribution in [3.05, 3.63) is 12.2 Å². The summed E-state index contributed by atoms with van der Waals surface area (Å²) in [7, 11) is 0. The van der Waals surface area contributed by atoms with Crippen LogP contribution >= 0.6 is 0 Å². The van der Waals surface area contributed by atoms with E-state index in [0.29, 0.717) is 0 Å². The number of nitrogens with zero attached hydrogens (tertiary/aromatic N) is 2. The van der Waals surface area contributed by atoms with Gasteiger partial charge in [-0.1, -0.05) is 6.58 Å².